The SMILES string of the molecule is c1ccc(-c2ccc3c4ccc(-c5ccccc5)cc4n(-c4ccc5oc6cc(-c7nc(-c8ccccc8)cc(-c8ccccc8)n7)ccc6c5c4)c3c2)cc1. The third-order valence-electron chi connectivity index (χ3n) is 10.8. The molecule has 0 aliphatic rings. The Kier molecular flexibility index (Phi) is 7.46. The lowest BCUT2D eigenvalue weighted by Gasteiger charge is -2.10. The Morgan fingerprint density at radius 3 is 1.34 bits per heavy atom. The summed E-state index contributed by atoms with van der Waals surface area (Å²) in [7, 11) is 0. The van der Waals surface area contributed by atoms with Gasteiger partial charge in [0.05, 0.1) is 22.4 Å². The van der Waals surface area contributed by atoms with Gasteiger partial charge in [0.25, 0.3) is 0 Å². The Morgan fingerprint density at radius 1 is 0.321 bits per heavy atom. The largest absolute Gasteiger partial charge is 0.456 e. The third-order valence-corrected chi connectivity index (χ3v) is 10.8. The van der Waals surface area contributed by atoms with E-state index in [0.717, 1.165) is 66.7 Å². The van der Waals surface area contributed by atoms with Crippen LogP contribution in [0, 0.1) is 0 Å². The molecule has 262 valence electrons. The van der Waals surface area contributed by atoms with E-state index in [9.17, 15) is 0 Å². The standard InChI is InChI=1S/C52H33N3O/c1-5-13-34(14-6-1)38-21-25-42-43-26-22-39(35-15-7-2-8-16-35)30-49(43)55(48(42)29-38)41-24-28-50-45(32-41)44-27-23-40(31-51(44)56-50)52-53-46(36-17-9-3-10-18-36)33-47(54-52)37-19-11-4-12-20-37/h1-33H. The highest BCUT2D eigenvalue weighted by Gasteiger charge is 2.18. The van der Waals surface area contributed by atoms with Gasteiger partial charge in [0.15, 0.2) is 5.82 Å². The van der Waals surface area contributed by atoms with Gasteiger partial charge in [-0.15, -0.1) is 0 Å². The van der Waals surface area contributed by atoms with Gasteiger partial charge < -0.3 is 8.98 Å². The van der Waals surface area contributed by atoms with Gasteiger partial charge in [0.1, 0.15) is 11.2 Å². The van der Waals surface area contributed by atoms with Gasteiger partial charge in [-0.3, -0.25) is 0 Å². The lowest BCUT2D eigenvalue weighted by atomic mass is 10.0. The molecule has 0 bridgehead atoms. The van der Waals surface area contributed by atoms with Crippen molar-refractivity contribution in [3.05, 3.63) is 200 Å². The molecule has 3 aromatic heterocycles. The van der Waals surface area contributed by atoms with E-state index in [4.69, 9.17) is 14.4 Å². The van der Waals surface area contributed by atoms with Crippen LogP contribution >= 0.6 is 0 Å². The number of fused-ring (bicyclic) bond motifs is 6. The van der Waals surface area contributed by atoms with E-state index < -0.39 is 0 Å². The average Bonchev–Trinajstić information content (AvgIpc) is 3.81. The van der Waals surface area contributed by atoms with Crippen molar-refractivity contribution in [2.24, 2.45) is 0 Å². The van der Waals surface area contributed by atoms with Gasteiger partial charge in [0.2, 0.25) is 0 Å². The van der Waals surface area contributed by atoms with Gasteiger partial charge in [-0.1, -0.05) is 152 Å². The zero-order valence-corrected chi connectivity index (χ0v) is 30.3. The zero-order valence-electron chi connectivity index (χ0n) is 30.3. The first-order chi connectivity index (χ1) is 27.7. The van der Waals surface area contributed by atoms with E-state index >= 15 is 0 Å². The number of benzene rings is 8. The minimum absolute atomic E-state index is 0.655. The minimum Gasteiger partial charge on any atom is -0.456 e. The van der Waals surface area contributed by atoms with E-state index in [1.165, 1.54) is 33.0 Å². The van der Waals surface area contributed by atoms with Crippen LogP contribution in [0.15, 0.2) is 205 Å². The molecule has 0 spiro atoms. The van der Waals surface area contributed by atoms with Crippen LogP contribution in [-0.2, 0) is 0 Å². The number of hydrogen-bond donors (Lipinski definition) is 0. The molecule has 0 saturated heterocycles. The molecule has 0 N–H and O–H groups in total. The smallest absolute Gasteiger partial charge is 0.160 e. The van der Waals surface area contributed by atoms with Crippen LogP contribution in [-0.4, -0.2) is 14.5 Å². The second-order valence-corrected chi connectivity index (χ2v) is 14.2. The topological polar surface area (TPSA) is 43.9 Å². The fourth-order valence-corrected chi connectivity index (χ4v) is 8.05. The molecule has 0 atom stereocenters. The molecule has 0 aliphatic carbocycles. The molecule has 11 aromatic rings. The number of hydrogen-bond acceptors (Lipinski definition) is 3. The van der Waals surface area contributed by atoms with Gasteiger partial charge >= 0.3 is 0 Å². The van der Waals surface area contributed by atoms with E-state index in [1.807, 2.05) is 36.4 Å². The number of rotatable bonds is 6. The fraction of sp³-hybridized carbons (Fsp3) is 0. The predicted molar refractivity (Wildman–Crippen MR) is 231 cm³/mol. The van der Waals surface area contributed by atoms with Crippen LogP contribution in [0.1, 0.15) is 0 Å². The van der Waals surface area contributed by atoms with Gasteiger partial charge in [-0.05, 0) is 70.8 Å². The Balaban J connectivity index is 1.08. The molecule has 56 heavy (non-hydrogen) atoms. The quantitative estimate of drug-likeness (QED) is 0.172. The van der Waals surface area contributed by atoms with Crippen LogP contribution in [0.5, 0.6) is 0 Å². The van der Waals surface area contributed by atoms with Crippen molar-refractivity contribution in [2.45, 2.75) is 0 Å². The summed E-state index contributed by atoms with van der Waals surface area (Å²) in [5.74, 6) is 0.655. The Hall–Kier alpha value is -7.56. The summed E-state index contributed by atoms with van der Waals surface area (Å²) in [5, 5.41) is 4.53. The number of furan rings is 1. The molecule has 4 nitrogen and oxygen atoms in total. The summed E-state index contributed by atoms with van der Waals surface area (Å²) < 4.78 is 8.99. The summed E-state index contributed by atoms with van der Waals surface area (Å²) >= 11 is 0. The van der Waals surface area contributed by atoms with Crippen molar-refractivity contribution in [1.82, 2.24) is 14.5 Å². The molecule has 3 heterocycles. The first-order valence-electron chi connectivity index (χ1n) is 18.9. The molecule has 0 fully saturated rings. The van der Waals surface area contributed by atoms with Crippen LogP contribution in [0.25, 0.3) is 106 Å². The molecule has 11 rings (SSSR count). The maximum absolute atomic E-state index is 6.58. The Labute approximate surface area is 323 Å². The van der Waals surface area contributed by atoms with Crippen molar-refractivity contribution in [3.8, 4) is 61.8 Å². The molecule has 0 saturated carbocycles. The molecule has 8 aromatic carbocycles. The van der Waals surface area contributed by atoms with E-state index in [0.29, 0.717) is 5.82 Å². The second kappa shape index (κ2) is 13.1. The summed E-state index contributed by atoms with van der Waals surface area (Å²) in [6.07, 6.45) is 0. The van der Waals surface area contributed by atoms with Gasteiger partial charge in [0, 0.05) is 43.9 Å². The van der Waals surface area contributed by atoms with Gasteiger partial charge in [-0.25, -0.2) is 9.97 Å². The van der Waals surface area contributed by atoms with Crippen molar-refractivity contribution in [2.75, 3.05) is 0 Å². The molecule has 0 radical (unpaired) electrons. The van der Waals surface area contributed by atoms with Crippen LogP contribution in [0.4, 0.5) is 0 Å². The molecule has 0 amide bonds. The van der Waals surface area contributed by atoms with Gasteiger partial charge in [-0.2, -0.15) is 0 Å². The Morgan fingerprint density at radius 2 is 0.804 bits per heavy atom. The zero-order chi connectivity index (χ0) is 37.0. The Bertz CT molecular complexity index is 3070. The van der Waals surface area contributed by atoms with E-state index in [1.54, 1.807) is 0 Å². The van der Waals surface area contributed by atoms with Crippen molar-refractivity contribution in [1.29, 1.82) is 0 Å². The number of aromatic nitrogens is 3. The molecule has 0 unspecified atom stereocenters. The van der Waals surface area contributed by atoms with Crippen LogP contribution < -0.4 is 0 Å². The molecule has 0 aliphatic heterocycles. The number of nitrogens with zero attached hydrogens (tertiary/aromatic N) is 3. The second-order valence-electron chi connectivity index (χ2n) is 14.2. The van der Waals surface area contributed by atoms with Crippen molar-refractivity contribution < 1.29 is 4.42 Å². The predicted octanol–water partition coefficient (Wildman–Crippen LogP) is 13.8. The summed E-state index contributed by atoms with van der Waals surface area (Å²) in [6, 6.07) is 70.3. The van der Waals surface area contributed by atoms with Crippen LogP contribution in [0.2, 0.25) is 0 Å². The summed E-state index contributed by atoms with van der Waals surface area (Å²) in [6.45, 7) is 0. The lowest BCUT2D eigenvalue weighted by molar-refractivity contribution is 0.669. The highest BCUT2D eigenvalue weighted by atomic mass is 16.3. The van der Waals surface area contributed by atoms with Crippen molar-refractivity contribution >= 4 is 43.7 Å². The highest BCUT2D eigenvalue weighted by Crippen LogP contribution is 2.39. The summed E-state index contributed by atoms with van der Waals surface area (Å²) in [5.41, 5.74) is 14.5. The van der Waals surface area contributed by atoms with E-state index in [2.05, 4.69) is 168 Å². The molecule has 4 heteroatoms. The fourth-order valence-electron chi connectivity index (χ4n) is 8.05. The average molecular weight is 716 g/mol. The first-order valence-corrected chi connectivity index (χ1v) is 18.9. The maximum atomic E-state index is 6.58. The third kappa shape index (κ3) is 5.47. The molecular weight excluding hydrogens is 683 g/mol. The minimum atomic E-state index is 0.655. The van der Waals surface area contributed by atoms with Crippen LogP contribution in [0.3, 0.4) is 0 Å². The highest BCUT2D eigenvalue weighted by molar-refractivity contribution is 6.12. The maximum Gasteiger partial charge on any atom is 0.160 e. The monoisotopic (exact) mass is 715 g/mol. The lowest BCUT2D eigenvalue weighted by Crippen LogP contribution is -1.95. The van der Waals surface area contributed by atoms with Crippen molar-refractivity contribution in [3.63, 3.8) is 0 Å². The first kappa shape index (κ1) is 31.9. The summed E-state index contributed by atoms with van der Waals surface area (Å²) in [4.78, 5) is 10.1. The van der Waals surface area contributed by atoms with E-state index in [-0.39, 0.29) is 0 Å². The molecular formula is C52H33N3O. The normalized spacial score (nSPS) is 11.6.